The Balaban J connectivity index is 1.84. The first-order valence-corrected chi connectivity index (χ1v) is 6.91. The van der Waals surface area contributed by atoms with Gasteiger partial charge in [0.15, 0.2) is 5.82 Å². The van der Waals surface area contributed by atoms with Crippen molar-refractivity contribution >= 4 is 5.91 Å². The normalized spacial score (nSPS) is 11.9. The van der Waals surface area contributed by atoms with Gasteiger partial charge in [0.25, 0.3) is 5.91 Å². The minimum Gasteiger partial charge on any atom is -0.345 e. The first-order valence-electron chi connectivity index (χ1n) is 6.91. The number of amides is 1. The smallest absolute Gasteiger partial charge is 0.255 e. The Labute approximate surface area is 127 Å². The second-order valence-electron chi connectivity index (χ2n) is 4.82. The highest BCUT2D eigenvalue weighted by molar-refractivity contribution is 5.97. The van der Waals surface area contributed by atoms with Crippen molar-refractivity contribution in [3.05, 3.63) is 72.4 Å². The Morgan fingerprint density at radius 2 is 2.00 bits per heavy atom. The van der Waals surface area contributed by atoms with Gasteiger partial charge in [-0.1, -0.05) is 30.3 Å². The van der Waals surface area contributed by atoms with Crippen LogP contribution in [-0.2, 0) is 0 Å². The summed E-state index contributed by atoms with van der Waals surface area (Å²) in [6, 6.07) is 13.1. The van der Waals surface area contributed by atoms with E-state index in [-0.39, 0.29) is 11.9 Å². The van der Waals surface area contributed by atoms with Gasteiger partial charge in [-0.05, 0) is 24.6 Å². The van der Waals surface area contributed by atoms with Crippen LogP contribution in [0.15, 0.2) is 61.3 Å². The van der Waals surface area contributed by atoms with Crippen molar-refractivity contribution in [1.29, 1.82) is 0 Å². The summed E-state index contributed by atoms with van der Waals surface area (Å²) in [6.07, 6.45) is 4.54. The predicted octanol–water partition coefficient (Wildman–Crippen LogP) is 2.15. The molecule has 0 aliphatic rings. The van der Waals surface area contributed by atoms with Gasteiger partial charge in [0.1, 0.15) is 12.7 Å². The number of rotatable bonds is 4. The Hall–Kier alpha value is -3.02. The first-order chi connectivity index (χ1) is 10.8. The molecule has 0 saturated heterocycles. The Bertz CT molecular complexity index is 755. The fourth-order valence-electron chi connectivity index (χ4n) is 2.17. The summed E-state index contributed by atoms with van der Waals surface area (Å²) in [5.74, 6) is 0.257. The summed E-state index contributed by atoms with van der Waals surface area (Å²) in [7, 11) is 0. The number of benzene rings is 1. The Morgan fingerprint density at radius 1 is 1.18 bits per heavy atom. The average molecular weight is 293 g/mol. The lowest BCUT2D eigenvalue weighted by molar-refractivity contribution is 0.0939. The molecule has 2 aromatic heterocycles. The molecule has 0 aliphatic heterocycles. The lowest BCUT2D eigenvalue weighted by Gasteiger charge is -2.15. The van der Waals surface area contributed by atoms with E-state index in [0.29, 0.717) is 11.4 Å². The van der Waals surface area contributed by atoms with E-state index in [1.54, 1.807) is 18.3 Å². The van der Waals surface area contributed by atoms with Crippen LogP contribution in [0.25, 0.3) is 5.82 Å². The van der Waals surface area contributed by atoms with Crippen LogP contribution < -0.4 is 5.32 Å². The van der Waals surface area contributed by atoms with Crippen molar-refractivity contribution < 1.29 is 4.79 Å². The second-order valence-corrected chi connectivity index (χ2v) is 4.82. The number of nitrogens with one attached hydrogen (secondary N) is 1. The third-order valence-electron chi connectivity index (χ3n) is 3.31. The molecular formula is C16H15N5O. The molecule has 6 nitrogen and oxygen atoms in total. The monoisotopic (exact) mass is 293 g/mol. The van der Waals surface area contributed by atoms with E-state index in [1.165, 1.54) is 17.3 Å². The number of pyridine rings is 1. The van der Waals surface area contributed by atoms with E-state index >= 15 is 0 Å². The van der Waals surface area contributed by atoms with Crippen molar-refractivity contribution in [3.63, 3.8) is 0 Å². The van der Waals surface area contributed by atoms with Crippen LogP contribution in [0, 0.1) is 0 Å². The second kappa shape index (κ2) is 6.17. The molecule has 0 saturated carbocycles. The summed E-state index contributed by atoms with van der Waals surface area (Å²) in [5, 5.41) is 7.00. The Kier molecular flexibility index (Phi) is 3.91. The number of nitrogens with zero attached hydrogens (tertiary/aromatic N) is 4. The molecule has 0 fully saturated rings. The maximum Gasteiger partial charge on any atom is 0.255 e. The molecule has 0 radical (unpaired) electrons. The Morgan fingerprint density at radius 3 is 2.73 bits per heavy atom. The van der Waals surface area contributed by atoms with Gasteiger partial charge in [-0.15, -0.1) is 0 Å². The topological polar surface area (TPSA) is 72.7 Å². The van der Waals surface area contributed by atoms with Gasteiger partial charge in [-0.2, -0.15) is 5.10 Å². The summed E-state index contributed by atoms with van der Waals surface area (Å²) >= 11 is 0. The molecule has 0 unspecified atom stereocenters. The third kappa shape index (κ3) is 2.85. The number of hydrogen-bond donors (Lipinski definition) is 1. The van der Waals surface area contributed by atoms with Crippen LogP contribution in [0.3, 0.4) is 0 Å². The van der Waals surface area contributed by atoms with Crippen molar-refractivity contribution in [2.45, 2.75) is 13.0 Å². The molecule has 2 heterocycles. The molecule has 0 spiro atoms. The first kappa shape index (κ1) is 13.9. The molecule has 3 aromatic rings. The molecule has 110 valence electrons. The van der Waals surface area contributed by atoms with Gasteiger partial charge >= 0.3 is 0 Å². The van der Waals surface area contributed by atoms with Gasteiger partial charge in [0.2, 0.25) is 0 Å². The van der Waals surface area contributed by atoms with Crippen LogP contribution in [0.4, 0.5) is 0 Å². The van der Waals surface area contributed by atoms with Gasteiger partial charge in [-0.3, -0.25) is 4.79 Å². The molecule has 0 aliphatic carbocycles. The summed E-state index contributed by atoms with van der Waals surface area (Å²) in [4.78, 5) is 20.6. The number of hydrogen-bond acceptors (Lipinski definition) is 4. The predicted molar refractivity (Wildman–Crippen MR) is 81.5 cm³/mol. The summed E-state index contributed by atoms with van der Waals surface area (Å²) in [6.45, 7) is 1.94. The number of carbonyl (C=O) groups excluding carboxylic acids is 1. The van der Waals surface area contributed by atoms with Crippen LogP contribution in [0.2, 0.25) is 0 Å². The summed E-state index contributed by atoms with van der Waals surface area (Å²) in [5.41, 5.74) is 1.50. The van der Waals surface area contributed by atoms with Crippen LogP contribution >= 0.6 is 0 Å². The molecule has 22 heavy (non-hydrogen) atoms. The van der Waals surface area contributed by atoms with Crippen molar-refractivity contribution in [3.8, 4) is 5.82 Å². The SMILES string of the molecule is C[C@H](NC(=O)c1cccnc1-n1cncn1)c1ccccc1. The zero-order chi connectivity index (χ0) is 15.4. The zero-order valence-corrected chi connectivity index (χ0v) is 12.0. The van der Waals surface area contributed by atoms with Gasteiger partial charge in [-0.25, -0.2) is 14.6 Å². The quantitative estimate of drug-likeness (QED) is 0.800. The molecule has 1 aromatic carbocycles. The maximum atomic E-state index is 12.5. The van der Waals surface area contributed by atoms with E-state index in [4.69, 9.17) is 0 Å². The van der Waals surface area contributed by atoms with Gasteiger partial charge in [0.05, 0.1) is 11.6 Å². The zero-order valence-electron chi connectivity index (χ0n) is 12.0. The molecule has 6 heteroatoms. The molecular weight excluding hydrogens is 278 g/mol. The fraction of sp³-hybridized carbons (Fsp3) is 0.125. The van der Waals surface area contributed by atoms with Crippen molar-refractivity contribution in [2.75, 3.05) is 0 Å². The standard InChI is InChI=1S/C16H15N5O/c1-12(13-6-3-2-4-7-13)20-16(22)14-8-5-9-18-15(14)21-11-17-10-19-21/h2-12H,1H3,(H,20,22)/t12-/m0/s1. The van der Waals surface area contributed by atoms with Crippen molar-refractivity contribution in [2.24, 2.45) is 0 Å². The van der Waals surface area contributed by atoms with Crippen molar-refractivity contribution in [1.82, 2.24) is 25.1 Å². The highest BCUT2D eigenvalue weighted by atomic mass is 16.1. The van der Waals surface area contributed by atoms with E-state index in [0.717, 1.165) is 5.56 Å². The molecule has 3 rings (SSSR count). The highest BCUT2D eigenvalue weighted by Crippen LogP contribution is 2.14. The number of carbonyl (C=O) groups is 1. The molecule has 1 N–H and O–H groups in total. The highest BCUT2D eigenvalue weighted by Gasteiger charge is 2.16. The van der Waals surface area contributed by atoms with Crippen LogP contribution in [0.1, 0.15) is 28.9 Å². The lowest BCUT2D eigenvalue weighted by atomic mass is 10.1. The van der Waals surface area contributed by atoms with Crippen LogP contribution in [0.5, 0.6) is 0 Å². The number of aromatic nitrogens is 4. The maximum absolute atomic E-state index is 12.5. The third-order valence-corrected chi connectivity index (χ3v) is 3.31. The average Bonchev–Trinajstić information content (AvgIpc) is 3.10. The van der Waals surface area contributed by atoms with E-state index in [9.17, 15) is 4.79 Å². The van der Waals surface area contributed by atoms with E-state index in [2.05, 4.69) is 20.4 Å². The minimum absolute atomic E-state index is 0.0995. The minimum atomic E-state index is -0.199. The summed E-state index contributed by atoms with van der Waals surface area (Å²) < 4.78 is 1.47. The molecule has 0 bridgehead atoms. The van der Waals surface area contributed by atoms with E-state index < -0.39 is 0 Å². The largest absolute Gasteiger partial charge is 0.345 e. The van der Waals surface area contributed by atoms with Crippen LogP contribution in [-0.4, -0.2) is 25.7 Å². The van der Waals surface area contributed by atoms with Gasteiger partial charge < -0.3 is 5.32 Å². The van der Waals surface area contributed by atoms with Gasteiger partial charge in [0, 0.05) is 6.20 Å². The lowest BCUT2D eigenvalue weighted by Crippen LogP contribution is -2.28. The fourth-order valence-corrected chi connectivity index (χ4v) is 2.17. The molecule has 1 amide bonds. The molecule has 1 atom stereocenters. The van der Waals surface area contributed by atoms with E-state index in [1.807, 2.05) is 37.3 Å².